The van der Waals surface area contributed by atoms with E-state index >= 15 is 0 Å². The van der Waals surface area contributed by atoms with Crippen molar-refractivity contribution >= 4 is 37.9 Å². The van der Waals surface area contributed by atoms with Crippen LogP contribution < -0.4 is 5.32 Å². The Hall–Kier alpha value is -1.97. The van der Waals surface area contributed by atoms with Gasteiger partial charge >= 0.3 is 0 Å². The van der Waals surface area contributed by atoms with Crippen LogP contribution in [0.25, 0.3) is 21.6 Å². The van der Waals surface area contributed by atoms with E-state index in [9.17, 15) is 8.42 Å². The summed E-state index contributed by atoms with van der Waals surface area (Å²) in [5, 5.41) is 5.42. The van der Waals surface area contributed by atoms with Crippen LogP contribution in [-0.2, 0) is 9.84 Å². The van der Waals surface area contributed by atoms with Crippen molar-refractivity contribution in [2.75, 3.05) is 31.2 Å². The first-order valence-corrected chi connectivity index (χ1v) is 12.7. The van der Waals surface area contributed by atoms with Crippen LogP contribution in [-0.4, -0.2) is 60.2 Å². The van der Waals surface area contributed by atoms with Gasteiger partial charge in [0.05, 0.1) is 17.4 Å². The van der Waals surface area contributed by atoms with Gasteiger partial charge in [-0.3, -0.25) is 0 Å². The molecular formula is C20H27N5O2S2. The number of hydrogen-bond donors (Lipinski definition) is 2. The SMILES string of the molecule is CCCN1C[C@@H](C)C[C@@H](Nc2c(-c3ncc(S(C)(=O)=O)s3)cnc3[nH]ccc23)C1. The van der Waals surface area contributed by atoms with Crippen LogP contribution >= 0.6 is 11.3 Å². The van der Waals surface area contributed by atoms with Crippen LogP contribution in [0.4, 0.5) is 5.69 Å². The smallest absolute Gasteiger partial charge is 0.186 e. The number of nitrogens with one attached hydrogen (secondary N) is 2. The number of nitrogens with zero attached hydrogens (tertiary/aromatic N) is 3. The molecule has 2 N–H and O–H groups in total. The Labute approximate surface area is 175 Å². The molecule has 1 fully saturated rings. The van der Waals surface area contributed by atoms with E-state index in [0.717, 1.165) is 54.8 Å². The maximum absolute atomic E-state index is 11.9. The summed E-state index contributed by atoms with van der Waals surface area (Å²) in [5.41, 5.74) is 2.63. The Morgan fingerprint density at radius 2 is 2.14 bits per heavy atom. The quantitative estimate of drug-likeness (QED) is 0.617. The normalized spacial score (nSPS) is 20.9. The van der Waals surface area contributed by atoms with Crippen LogP contribution in [0.5, 0.6) is 0 Å². The second-order valence-electron chi connectivity index (χ2n) is 7.99. The first kappa shape index (κ1) is 20.3. The average molecular weight is 434 g/mol. The Bertz CT molecular complexity index is 1110. The molecule has 4 rings (SSSR count). The maximum atomic E-state index is 11.9. The molecule has 0 aromatic carbocycles. The molecule has 0 spiro atoms. The summed E-state index contributed by atoms with van der Waals surface area (Å²) in [6.45, 7) is 7.76. The zero-order chi connectivity index (χ0) is 20.6. The molecule has 3 aromatic heterocycles. The predicted molar refractivity (Wildman–Crippen MR) is 118 cm³/mol. The van der Waals surface area contributed by atoms with Crippen LogP contribution in [0, 0.1) is 5.92 Å². The molecule has 29 heavy (non-hydrogen) atoms. The number of thiazole rings is 1. The molecule has 0 bridgehead atoms. The molecule has 156 valence electrons. The summed E-state index contributed by atoms with van der Waals surface area (Å²) in [7, 11) is -3.28. The van der Waals surface area contributed by atoms with Crippen molar-refractivity contribution in [3.05, 3.63) is 24.7 Å². The number of pyridine rings is 1. The van der Waals surface area contributed by atoms with Crippen molar-refractivity contribution < 1.29 is 8.42 Å². The second-order valence-corrected chi connectivity index (χ2v) is 11.3. The van der Waals surface area contributed by atoms with Gasteiger partial charge in [0, 0.05) is 43.2 Å². The Morgan fingerprint density at radius 3 is 2.86 bits per heavy atom. The number of rotatable bonds is 6. The van der Waals surface area contributed by atoms with Crippen molar-refractivity contribution in [3.8, 4) is 10.6 Å². The van der Waals surface area contributed by atoms with E-state index in [2.05, 4.69) is 39.0 Å². The van der Waals surface area contributed by atoms with E-state index in [1.165, 1.54) is 23.8 Å². The van der Waals surface area contributed by atoms with Gasteiger partial charge in [-0.25, -0.2) is 18.4 Å². The Morgan fingerprint density at radius 1 is 1.31 bits per heavy atom. The van der Waals surface area contributed by atoms with E-state index in [-0.39, 0.29) is 4.21 Å². The van der Waals surface area contributed by atoms with Gasteiger partial charge in [-0.05, 0) is 31.4 Å². The monoisotopic (exact) mass is 433 g/mol. The fraction of sp³-hybridized carbons (Fsp3) is 0.500. The van der Waals surface area contributed by atoms with Crippen LogP contribution in [0.2, 0.25) is 0 Å². The fourth-order valence-electron chi connectivity index (χ4n) is 4.15. The number of anilines is 1. The van der Waals surface area contributed by atoms with Gasteiger partial charge in [-0.15, -0.1) is 11.3 Å². The highest BCUT2D eigenvalue weighted by Gasteiger charge is 2.26. The summed E-state index contributed by atoms with van der Waals surface area (Å²) in [4.78, 5) is 14.6. The summed E-state index contributed by atoms with van der Waals surface area (Å²) in [6, 6.07) is 2.33. The van der Waals surface area contributed by atoms with Gasteiger partial charge < -0.3 is 15.2 Å². The number of hydrogen-bond acceptors (Lipinski definition) is 7. The third-order valence-corrected chi connectivity index (χ3v) is 8.11. The lowest BCUT2D eigenvalue weighted by Crippen LogP contribution is -2.45. The van der Waals surface area contributed by atoms with Gasteiger partial charge in [0.25, 0.3) is 0 Å². The highest BCUT2D eigenvalue weighted by molar-refractivity contribution is 7.92. The first-order chi connectivity index (χ1) is 13.8. The molecule has 9 heteroatoms. The first-order valence-electron chi connectivity index (χ1n) is 9.96. The van der Waals surface area contributed by atoms with Crippen LogP contribution in [0.15, 0.2) is 28.9 Å². The van der Waals surface area contributed by atoms with Gasteiger partial charge in [-0.1, -0.05) is 13.8 Å². The lowest BCUT2D eigenvalue weighted by molar-refractivity contribution is 0.172. The van der Waals surface area contributed by atoms with Crippen molar-refractivity contribution in [1.29, 1.82) is 0 Å². The number of fused-ring (bicyclic) bond motifs is 1. The third kappa shape index (κ3) is 4.31. The number of sulfone groups is 1. The molecule has 0 amide bonds. The van der Waals surface area contributed by atoms with Gasteiger partial charge in [0.15, 0.2) is 9.84 Å². The molecule has 0 radical (unpaired) electrons. The van der Waals surface area contributed by atoms with Crippen LogP contribution in [0.1, 0.15) is 26.7 Å². The highest BCUT2D eigenvalue weighted by Crippen LogP contribution is 2.37. The zero-order valence-electron chi connectivity index (χ0n) is 17.0. The minimum Gasteiger partial charge on any atom is -0.380 e. The summed E-state index contributed by atoms with van der Waals surface area (Å²) in [6.07, 6.45) is 8.55. The van der Waals surface area contributed by atoms with Gasteiger partial charge in [-0.2, -0.15) is 0 Å². The van der Waals surface area contributed by atoms with Crippen LogP contribution in [0.3, 0.4) is 0 Å². The Balaban J connectivity index is 1.72. The Kier molecular flexibility index (Phi) is 5.63. The summed E-state index contributed by atoms with van der Waals surface area (Å²) < 4.78 is 24.1. The summed E-state index contributed by atoms with van der Waals surface area (Å²) >= 11 is 1.19. The highest BCUT2D eigenvalue weighted by atomic mass is 32.2. The van der Waals surface area contributed by atoms with E-state index in [1.54, 1.807) is 6.20 Å². The number of likely N-dealkylation sites (tertiary alicyclic amines) is 1. The molecule has 0 aliphatic carbocycles. The number of H-pyrrole nitrogens is 1. The van der Waals surface area contributed by atoms with E-state index in [1.807, 2.05) is 12.3 Å². The number of aromatic nitrogens is 3. The predicted octanol–water partition coefficient (Wildman–Crippen LogP) is 3.62. The molecule has 2 atom stereocenters. The van der Waals surface area contributed by atoms with E-state index in [4.69, 9.17) is 0 Å². The van der Waals surface area contributed by atoms with Crippen molar-refractivity contribution in [3.63, 3.8) is 0 Å². The van der Waals surface area contributed by atoms with Crippen molar-refractivity contribution in [2.24, 2.45) is 5.92 Å². The van der Waals surface area contributed by atoms with Crippen molar-refractivity contribution in [2.45, 2.75) is 36.9 Å². The molecule has 0 unspecified atom stereocenters. The lowest BCUT2D eigenvalue weighted by Gasteiger charge is -2.37. The topological polar surface area (TPSA) is 91.0 Å². The molecule has 3 aromatic rings. The number of aromatic amines is 1. The minimum atomic E-state index is -3.28. The minimum absolute atomic E-state index is 0.271. The zero-order valence-corrected chi connectivity index (χ0v) is 18.6. The van der Waals surface area contributed by atoms with Crippen molar-refractivity contribution in [1.82, 2.24) is 19.9 Å². The largest absolute Gasteiger partial charge is 0.380 e. The lowest BCUT2D eigenvalue weighted by atomic mass is 9.95. The van der Waals surface area contributed by atoms with E-state index in [0.29, 0.717) is 17.0 Å². The molecule has 1 aliphatic rings. The molecule has 1 saturated heterocycles. The molecule has 7 nitrogen and oxygen atoms in total. The average Bonchev–Trinajstić information content (AvgIpc) is 3.31. The third-order valence-electron chi connectivity index (χ3n) is 5.29. The standard InChI is InChI=1S/C20H27N5O2S2/c1-4-7-25-11-13(2)8-14(12-25)24-18-15-5-6-21-19(15)22-9-16(18)20-23-10-17(28-20)29(3,26)27/h5-6,9-10,13-14H,4,7-8,11-12H2,1-3H3,(H2,21,22,24)/t13-,14+/m0/s1. The number of piperidine rings is 1. The second kappa shape index (κ2) is 8.04. The van der Waals surface area contributed by atoms with E-state index < -0.39 is 9.84 Å². The maximum Gasteiger partial charge on any atom is 0.186 e. The van der Waals surface area contributed by atoms with Gasteiger partial charge in [0.2, 0.25) is 0 Å². The molecule has 0 saturated carbocycles. The molecular weight excluding hydrogens is 406 g/mol. The molecule has 4 heterocycles. The summed E-state index contributed by atoms with van der Waals surface area (Å²) in [5.74, 6) is 0.622. The fourth-order valence-corrected chi connectivity index (χ4v) is 5.90. The van der Waals surface area contributed by atoms with Gasteiger partial charge in [0.1, 0.15) is 14.9 Å². The molecule has 1 aliphatic heterocycles.